The van der Waals surface area contributed by atoms with Gasteiger partial charge in [-0.3, -0.25) is 4.79 Å². The van der Waals surface area contributed by atoms with Crippen LogP contribution < -0.4 is 15.4 Å². The standard InChI is InChI=1S/C19H20ClN7O4/c1-4-31-16(28)10-27-22-9-14(26-27)11-6-5-7-12(18(11)30-3)23-13-8-15(20)24-25-17(13)19(29)21-2/h5-9H,4,10H2,1-3H3,(H,21,29)(H,23,24)/i2D3. The molecular weight excluding hydrogens is 426 g/mol. The molecule has 0 aliphatic rings. The molecule has 0 fully saturated rings. The zero-order valence-electron chi connectivity index (χ0n) is 19.5. The van der Waals surface area contributed by atoms with Gasteiger partial charge in [-0.1, -0.05) is 17.7 Å². The van der Waals surface area contributed by atoms with Gasteiger partial charge < -0.3 is 20.1 Å². The molecule has 0 saturated carbocycles. The van der Waals surface area contributed by atoms with Crippen LogP contribution in [0.5, 0.6) is 5.75 Å². The smallest absolute Gasteiger partial charge is 0.329 e. The number of rotatable bonds is 8. The molecule has 0 unspecified atom stereocenters. The first-order valence-electron chi connectivity index (χ1n) is 10.5. The highest BCUT2D eigenvalue weighted by atomic mass is 35.5. The number of amides is 1. The molecule has 0 bridgehead atoms. The molecule has 0 spiro atoms. The molecule has 162 valence electrons. The lowest BCUT2D eigenvalue weighted by Crippen LogP contribution is -2.21. The Morgan fingerprint density at radius 3 is 2.87 bits per heavy atom. The predicted molar refractivity (Wildman–Crippen MR) is 112 cm³/mol. The van der Waals surface area contributed by atoms with Gasteiger partial charge in [0.05, 0.1) is 31.3 Å². The molecule has 12 heteroatoms. The Morgan fingerprint density at radius 2 is 2.13 bits per heavy atom. The highest BCUT2D eigenvalue weighted by Gasteiger charge is 2.19. The van der Waals surface area contributed by atoms with E-state index in [1.165, 1.54) is 24.2 Å². The zero-order valence-corrected chi connectivity index (χ0v) is 17.3. The van der Waals surface area contributed by atoms with Crippen molar-refractivity contribution in [3.8, 4) is 17.0 Å². The predicted octanol–water partition coefficient (Wildman–Crippen LogP) is 2.06. The maximum Gasteiger partial charge on any atom is 0.329 e. The monoisotopic (exact) mass is 448 g/mol. The Hall–Kier alpha value is -3.73. The van der Waals surface area contributed by atoms with E-state index < -0.39 is 18.9 Å². The normalized spacial score (nSPS) is 12.3. The summed E-state index contributed by atoms with van der Waals surface area (Å²) < 4.78 is 32.2. The Morgan fingerprint density at radius 1 is 1.29 bits per heavy atom. The van der Waals surface area contributed by atoms with Crippen LogP contribution in [0.1, 0.15) is 21.5 Å². The van der Waals surface area contributed by atoms with Crippen molar-refractivity contribution < 1.29 is 23.2 Å². The molecule has 2 heterocycles. The number of anilines is 2. The molecule has 11 nitrogen and oxygen atoms in total. The van der Waals surface area contributed by atoms with Crippen LogP contribution in [-0.4, -0.2) is 57.8 Å². The highest BCUT2D eigenvalue weighted by Crippen LogP contribution is 2.37. The van der Waals surface area contributed by atoms with Gasteiger partial charge in [-0.05, 0) is 19.1 Å². The van der Waals surface area contributed by atoms with Crippen molar-refractivity contribution in [1.29, 1.82) is 0 Å². The average molecular weight is 449 g/mol. The van der Waals surface area contributed by atoms with Gasteiger partial charge in [0.15, 0.2) is 23.1 Å². The lowest BCUT2D eigenvalue weighted by Gasteiger charge is -2.15. The second-order valence-electron chi connectivity index (χ2n) is 5.96. The maximum absolute atomic E-state index is 12.4. The molecule has 0 aliphatic heterocycles. The van der Waals surface area contributed by atoms with Crippen LogP contribution in [0, 0.1) is 0 Å². The summed E-state index contributed by atoms with van der Waals surface area (Å²) in [5.41, 5.74) is 1.16. The summed E-state index contributed by atoms with van der Waals surface area (Å²) in [4.78, 5) is 25.3. The van der Waals surface area contributed by atoms with Crippen LogP contribution in [0.3, 0.4) is 0 Å². The van der Waals surface area contributed by atoms with E-state index in [9.17, 15) is 9.59 Å². The molecule has 1 amide bonds. The molecule has 0 atom stereocenters. The number of carbonyl (C=O) groups is 2. The number of ether oxygens (including phenoxy) is 2. The number of methoxy groups -OCH3 is 1. The average Bonchev–Trinajstić information content (AvgIpc) is 3.20. The summed E-state index contributed by atoms with van der Waals surface area (Å²) >= 11 is 5.94. The van der Waals surface area contributed by atoms with E-state index >= 15 is 0 Å². The van der Waals surface area contributed by atoms with E-state index in [-0.39, 0.29) is 29.7 Å². The summed E-state index contributed by atoms with van der Waals surface area (Å²) in [7, 11) is 1.44. The number of esters is 1. The number of halogens is 1. The number of aromatic nitrogens is 5. The summed E-state index contributed by atoms with van der Waals surface area (Å²) in [6, 6.07) is 6.40. The quantitative estimate of drug-likeness (QED) is 0.496. The third kappa shape index (κ3) is 5.07. The van der Waals surface area contributed by atoms with Gasteiger partial charge in [-0.25, -0.2) is 4.79 Å². The number of nitrogens with one attached hydrogen (secondary N) is 2. The second-order valence-corrected chi connectivity index (χ2v) is 6.35. The second kappa shape index (κ2) is 9.85. The third-order valence-corrected chi connectivity index (χ3v) is 4.15. The lowest BCUT2D eigenvalue weighted by molar-refractivity contribution is -0.144. The van der Waals surface area contributed by atoms with Gasteiger partial charge in [-0.2, -0.15) is 15.0 Å². The fraction of sp³-hybridized carbons (Fsp3) is 0.263. The number of nitrogens with zero attached hydrogens (tertiary/aromatic N) is 5. The summed E-state index contributed by atoms with van der Waals surface area (Å²) in [6.07, 6.45) is 1.46. The topological polar surface area (TPSA) is 133 Å². The van der Waals surface area contributed by atoms with E-state index in [1.807, 2.05) is 5.32 Å². The SMILES string of the molecule is [2H]C([2H])([2H])NC(=O)c1nnc(Cl)cc1Nc1cccc(-c2cnn(CC(=O)OCC)n2)c1OC. The maximum atomic E-state index is 12.4. The van der Waals surface area contributed by atoms with Crippen LogP contribution in [-0.2, 0) is 16.1 Å². The minimum atomic E-state index is -2.72. The molecule has 2 N–H and O–H groups in total. The molecule has 3 aromatic rings. The van der Waals surface area contributed by atoms with Crippen molar-refractivity contribution in [3.05, 3.63) is 41.3 Å². The molecule has 31 heavy (non-hydrogen) atoms. The van der Waals surface area contributed by atoms with Crippen LogP contribution in [0.2, 0.25) is 5.15 Å². The van der Waals surface area contributed by atoms with E-state index in [0.29, 0.717) is 22.7 Å². The van der Waals surface area contributed by atoms with Gasteiger partial charge in [0.1, 0.15) is 5.69 Å². The van der Waals surface area contributed by atoms with Gasteiger partial charge in [0.25, 0.3) is 5.91 Å². The summed E-state index contributed by atoms with van der Waals surface area (Å²) in [5, 5.41) is 20.5. The van der Waals surface area contributed by atoms with E-state index in [4.69, 9.17) is 25.2 Å². The number of hydrogen-bond donors (Lipinski definition) is 2. The van der Waals surface area contributed by atoms with Gasteiger partial charge in [0, 0.05) is 22.7 Å². The first-order valence-corrected chi connectivity index (χ1v) is 9.35. The Labute approximate surface area is 186 Å². The molecule has 0 radical (unpaired) electrons. The molecule has 2 aromatic heterocycles. The van der Waals surface area contributed by atoms with Crippen LogP contribution in [0.15, 0.2) is 30.5 Å². The lowest BCUT2D eigenvalue weighted by atomic mass is 10.1. The first-order chi connectivity index (χ1) is 16.1. The fourth-order valence-corrected chi connectivity index (χ4v) is 2.86. The van der Waals surface area contributed by atoms with Crippen LogP contribution >= 0.6 is 11.6 Å². The number of benzene rings is 1. The highest BCUT2D eigenvalue weighted by molar-refractivity contribution is 6.29. The van der Waals surface area contributed by atoms with Crippen molar-refractivity contribution in [2.24, 2.45) is 0 Å². The van der Waals surface area contributed by atoms with Gasteiger partial charge >= 0.3 is 5.97 Å². The number of para-hydroxylation sites is 1. The van der Waals surface area contributed by atoms with E-state index in [0.717, 1.165) is 0 Å². The first kappa shape index (κ1) is 18.1. The minimum Gasteiger partial charge on any atom is -0.494 e. The Kier molecular flexibility index (Phi) is 5.74. The van der Waals surface area contributed by atoms with Crippen molar-refractivity contribution >= 4 is 34.9 Å². The Balaban J connectivity index is 1.94. The molecular formula is C19H20ClN7O4. The third-order valence-electron chi connectivity index (χ3n) is 3.97. The zero-order chi connectivity index (χ0) is 24.9. The van der Waals surface area contributed by atoms with Crippen molar-refractivity contribution in [3.63, 3.8) is 0 Å². The largest absolute Gasteiger partial charge is 0.494 e. The number of carbonyl (C=O) groups excluding carboxylic acids is 2. The molecule has 0 saturated heterocycles. The Bertz CT molecular complexity index is 1200. The fourth-order valence-electron chi connectivity index (χ4n) is 2.71. The van der Waals surface area contributed by atoms with E-state index in [2.05, 4.69) is 25.7 Å². The summed E-state index contributed by atoms with van der Waals surface area (Å²) in [6.45, 7) is -0.929. The molecule has 0 aliphatic carbocycles. The molecule has 3 rings (SSSR count). The number of hydrogen-bond acceptors (Lipinski definition) is 9. The van der Waals surface area contributed by atoms with E-state index in [1.54, 1.807) is 25.1 Å². The van der Waals surface area contributed by atoms with Crippen molar-refractivity contribution in [1.82, 2.24) is 30.5 Å². The van der Waals surface area contributed by atoms with Crippen LogP contribution in [0.25, 0.3) is 11.3 Å². The minimum absolute atomic E-state index is 0.0232. The van der Waals surface area contributed by atoms with Gasteiger partial charge in [-0.15, -0.1) is 10.2 Å². The van der Waals surface area contributed by atoms with Gasteiger partial charge in [0.2, 0.25) is 0 Å². The summed E-state index contributed by atoms with van der Waals surface area (Å²) in [5.74, 6) is -1.11. The van der Waals surface area contributed by atoms with Crippen molar-refractivity contribution in [2.75, 3.05) is 26.0 Å². The van der Waals surface area contributed by atoms with Crippen LogP contribution in [0.4, 0.5) is 11.4 Å². The molecule has 1 aromatic carbocycles. The van der Waals surface area contributed by atoms with Crippen molar-refractivity contribution in [2.45, 2.75) is 13.5 Å².